The van der Waals surface area contributed by atoms with Gasteiger partial charge in [-0.3, -0.25) is 4.79 Å². The predicted molar refractivity (Wildman–Crippen MR) is 131 cm³/mol. The first-order valence-corrected chi connectivity index (χ1v) is 11.8. The van der Waals surface area contributed by atoms with Crippen molar-refractivity contribution in [2.45, 2.75) is 33.4 Å². The minimum Gasteiger partial charge on any atom is -0.473 e. The van der Waals surface area contributed by atoms with Gasteiger partial charge in [0.25, 0.3) is 0 Å². The number of anilines is 1. The van der Waals surface area contributed by atoms with Crippen molar-refractivity contribution in [1.29, 1.82) is 0 Å². The normalized spacial score (nSPS) is 13.0. The second-order valence-corrected chi connectivity index (χ2v) is 7.77. The summed E-state index contributed by atoms with van der Waals surface area (Å²) < 4.78 is 37.8. The van der Waals surface area contributed by atoms with Crippen LogP contribution in [0.15, 0.2) is 60.7 Å². The summed E-state index contributed by atoms with van der Waals surface area (Å²) in [6.07, 6.45) is 0.0904. The van der Waals surface area contributed by atoms with Crippen molar-refractivity contribution in [3.8, 4) is 5.88 Å². The molecule has 4 rings (SSSR count). The Labute approximate surface area is 204 Å². The van der Waals surface area contributed by atoms with Gasteiger partial charge in [-0.05, 0) is 47.0 Å². The van der Waals surface area contributed by atoms with Crippen molar-refractivity contribution >= 4 is 11.7 Å². The van der Waals surface area contributed by atoms with E-state index in [0.717, 1.165) is 16.9 Å². The summed E-state index contributed by atoms with van der Waals surface area (Å²) in [4.78, 5) is 19.1. The summed E-state index contributed by atoms with van der Waals surface area (Å²) in [5.41, 5.74) is 2.26. The van der Waals surface area contributed by atoms with Crippen molar-refractivity contribution in [3.63, 3.8) is 0 Å². The van der Waals surface area contributed by atoms with E-state index < -0.39 is 0 Å². The topological polar surface area (TPSA) is 63.7 Å². The maximum absolute atomic E-state index is 13.4. The minimum atomic E-state index is -0.368. The Hall–Kier alpha value is -3.52. The number of carbonyl (C=O) groups excluding carboxylic acids is 1. The van der Waals surface area contributed by atoms with Gasteiger partial charge in [0.05, 0.1) is 19.6 Å². The van der Waals surface area contributed by atoms with Gasteiger partial charge < -0.3 is 19.7 Å². The molecule has 0 saturated carbocycles. The Balaban J connectivity index is 0.00000167. The molecule has 0 atom stereocenters. The van der Waals surface area contributed by atoms with Crippen LogP contribution in [0, 0.1) is 11.6 Å². The molecular weight excluding hydrogens is 452 g/mol. The molecule has 1 amide bonds. The molecule has 0 aliphatic carbocycles. The highest BCUT2D eigenvalue weighted by Crippen LogP contribution is 2.22. The lowest BCUT2D eigenvalue weighted by Crippen LogP contribution is -2.37. The van der Waals surface area contributed by atoms with Crippen LogP contribution in [0.5, 0.6) is 5.88 Å². The van der Waals surface area contributed by atoms with Crippen molar-refractivity contribution in [3.05, 3.63) is 89.0 Å². The van der Waals surface area contributed by atoms with E-state index in [1.54, 1.807) is 30.3 Å². The van der Waals surface area contributed by atoms with Gasteiger partial charge in [-0.25, -0.2) is 8.78 Å². The molecule has 0 spiro atoms. The molecule has 1 aliphatic heterocycles. The number of aromatic nitrogens is 1. The van der Waals surface area contributed by atoms with Crippen molar-refractivity contribution < 1.29 is 23.0 Å². The molecule has 1 N–H and O–H groups in total. The highest BCUT2D eigenvalue weighted by molar-refractivity contribution is 5.78. The fourth-order valence-electron chi connectivity index (χ4n) is 3.51. The number of morpholine rings is 1. The maximum atomic E-state index is 13.4. The van der Waals surface area contributed by atoms with Crippen LogP contribution in [-0.2, 0) is 29.1 Å². The molecule has 2 heterocycles. The van der Waals surface area contributed by atoms with Crippen LogP contribution in [0.4, 0.5) is 14.6 Å². The second-order valence-electron chi connectivity index (χ2n) is 7.77. The standard InChI is InChI=1S/C25H25F2N3O3.C2H6/c26-21-6-4-18(5-7-21)17-33-25-15-20(13-23(29-25)30-8-10-32-11-9-30)16-28-24(31)14-19-2-1-3-22(27)12-19;1-2/h1-7,12-13,15H,8-11,14,16-17H2,(H,28,31);1-2H3. The average molecular weight is 484 g/mol. The van der Waals surface area contributed by atoms with Gasteiger partial charge in [0, 0.05) is 25.7 Å². The van der Waals surface area contributed by atoms with Crippen molar-refractivity contribution in [1.82, 2.24) is 10.3 Å². The molecule has 0 unspecified atom stereocenters. The first-order chi connectivity index (χ1) is 17.0. The Morgan fingerprint density at radius 2 is 1.71 bits per heavy atom. The van der Waals surface area contributed by atoms with Crippen LogP contribution in [0.25, 0.3) is 0 Å². The lowest BCUT2D eigenvalue weighted by atomic mass is 10.1. The highest BCUT2D eigenvalue weighted by Gasteiger charge is 2.15. The summed E-state index contributed by atoms with van der Waals surface area (Å²) >= 11 is 0. The van der Waals surface area contributed by atoms with Crippen molar-refractivity contribution in [2.24, 2.45) is 0 Å². The average Bonchev–Trinajstić information content (AvgIpc) is 2.89. The van der Waals surface area contributed by atoms with Gasteiger partial charge in [-0.1, -0.05) is 38.1 Å². The molecule has 1 aromatic heterocycles. The third-order valence-electron chi connectivity index (χ3n) is 5.23. The first kappa shape index (κ1) is 26.1. The predicted octanol–water partition coefficient (Wildman–Crippen LogP) is 4.66. The van der Waals surface area contributed by atoms with Gasteiger partial charge in [-0.15, -0.1) is 0 Å². The van der Waals surface area contributed by atoms with Crippen LogP contribution in [0.2, 0.25) is 0 Å². The largest absolute Gasteiger partial charge is 0.473 e. The van der Waals surface area contributed by atoms with Crippen LogP contribution in [-0.4, -0.2) is 37.2 Å². The SMILES string of the molecule is CC.O=C(Cc1cccc(F)c1)NCc1cc(OCc2ccc(F)cc2)nc(N2CCOCC2)c1. The van der Waals surface area contributed by atoms with Gasteiger partial charge in [0.15, 0.2) is 0 Å². The second kappa shape index (κ2) is 13.4. The van der Waals surface area contributed by atoms with Crippen LogP contribution < -0.4 is 15.0 Å². The monoisotopic (exact) mass is 483 g/mol. The molecule has 3 aromatic rings. The molecule has 1 fully saturated rings. The zero-order valence-electron chi connectivity index (χ0n) is 20.1. The van der Waals surface area contributed by atoms with Crippen LogP contribution in [0.1, 0.15) is 30.5 Å². The van der Waals surface area contributed by atoms with Crippen LogP contribution in [0.3, 0.4) is 0 Å². The number of hydrogen-bond donors (Lipinski definition) is 1. The Kier molecular flexibility index (Phi) is 9.98. The van der Waals surface area contributed by atoms with Gasteiger partial charge in [-0.2, -0.15) is 4.98 Å². The number of rotatable bonds is 8. The van der Waals surface area contributed by atoms with E-state index in [0.29, 0.717) is 37.7 Å². The smallest absolute Gasteiger partial charge is 0.224 e. The number of carbonyl (C=O) groups is 1. The molecule has 8 heteroatoms. The number of nitrogens with one attached hydrogen (secondary N) is 1. The molecule has 35 heavy (non-hydrogen) atoms. The number of benzene rings is 2. The summed E-state index contributed by atoms with van der Waals surface area (Å²) in [7, 11) is 0. The number of nitrogens with zero attached hydrogens (tertiary/aromatic N) is 2. The van der Waals surface area contributed by atoms with Gasteiger partial charge in [0.2, 0.25) is 11.8 Å². The fourth-order valence-corrected chi connectivity index (χ4v) is 3.51. The number of ether oxygens (including phenoxy) is 2. The zero-order valence-corrected chi connectivity index (χ0v) is 20.1. The Morgan fingerprint density at radius 1 is 0.971 bits per heavy atom. The summed E-state index contributed by atoms with van der Waals surface area (Å²) in [6, 6.07) is 15.8. The van der Waals surface area contributed by atoms with E-state index >= 15 is 0 Å². The number of halogens is 2. The Bertz CT molecular complexity index is 1090. The summed E-state index contributed by atoms with van der Waals surface area (Å²) in [5, 5.41) is 2.87. The molecular formula is C27H31F2N3O3. The number of pyridine rings is 1. The lowest BCUT2D eigenvalue weighted by Gasteiger charge is -2.28. The first-order valence-electron chi connectivity index (χ1n) is 11.8. The molecule has 0 radical (unpaired) electrons. The molecule has 1 aliphatic rings. The highest BCUT2D eigenvalue weighted by atomic mass is 19.1. The summed E-state index contributed by atoms with van der Waals surface area (Å²) in [5.74, 6) is 0.274. The van der Waals surface area contributed by atoms with E-state index in [1.807, 2.05) is 19.9 Å². The molecule has 186 valence electrons. The molecule has 2 aromatic carbocycles. The Morgan fingerprint density at radius 3 is 2.43 bits per heavy atom. The summed E-state index contributed by atoms with van der Waals surface area (Å²) in [6.45, 7) is 7.16. The minimum absolute atomic E-state index is 0.0904. The number of amides is 1. The maximum Gasteiger partial charge on any atom is 0.224 e. The number of hydrogen-bond acceptors (Lipinski definition) is 5. The van der Waals surface area contributed by atoms with Crippen LogP contribution >= 0.6 is 0 Å². The fraction of sp³-hybridized carbons (Fsp3) is 0.333. The van der Waals surface area contributed by atoms with Gasteiger partial charge in [0.1, 0.15) is 24.1 Å². The van der Waals surface area contributed by atoms with E-state index in [2.05, 4.69) is 15.2 Å². The molecule has 1 saturated heterocycles. The van der Waals surface area contributed by atoms with Crippen molar-refractivity contribution in [2.75, 3.05) is 31.2 Å². The molecule has 0 bridgehead atoms. The lowest BCUT2D eigenvalue weighted by molar-refractivity contribution is -0.120. The van der Waals surface area contributed by atoms with Gasteiger partial charge >= 0.3 is 0 Å². The van der Waals surface area contributed by atoms with E-state index in [1.165, 1.54) is 24.3 Å². The molecule has 6 nitrogen and oxygen atoms in total. The van der Waals surface area contributed by atoms with E-state index in [-0.39, 0.29) is 37.1 Å². The third-order valence-corrected chi connectivity index (χ3v) is 5.23. The quantitative estimate of drug-likeness (QED) is 0.505. The zero-order chi connectivity index (χ0) is 25.0. The third kappa shape index (κ3) is 8.33. The van der Waals surface area contributed by atoms with E-state index in [9.17, 15) is 13.6 Å². The van der Waals surface area contributed by atoms with E-state index in [4.69, 9.17) is 9.47 Å².